The number of phenols is 2. The summed E-state index contributed by atoms with van der Waals surface area (Å²) in [6, 6.07) is 24.8. The van der Waals surface area contributed by atoms with E-state index in [1.54, 1.807) is 24.3 Å². The van der Waals surface area contributed by atoms with Crippen LogP contribution in [-0.2, 0) is 21.0 Å². The Balaban J connectivity index is 0.000000321. The van der Waals surface area contributed by atoms with Crippen molar-refractivity contribution in [2.75, 3.05) is 0 Å². The van der Waals surface area contributed by atoms with Crippen molar-refractivity contribution in [2.24, 2.45) is 0 Å². The molecule has 0 aliphatic carbocycles. The average molecular weight is 444 g/mol. The lowest BCUT2D eigenvalue weighted by Crippen LogP contribution is -2.21. The predicted molar refractivity (Wildman–Crippen MR) is 101 cm³/mol. The summed E-state index contributed by atoms with van der Waals surface area (Å²) in [6.45, 7) is 0. The number of aromatic hydroxyl groups is 2. The summed E-state index contributed by atoms with van der Waals surface area (Å²) < 4.78 is 58.9. The first-order valence-corrected chi connectivity index (χ1v) is 10.5. The second kappa shape index (κ2) is 9.21. The van der Waals surface area contributed by atoms with E-state index in [1.165, 1.54) is 4.90 Å². The molecule has 0 aliphatic rings. The van der Waals surface area contributed by atoms with E-state index in [-0.39, 0.29) is 22.4 Å². The summed E-state index contributed by atoms with van der Waals surface area (Å²) >= 11 is 0. The van der Waals surface area contributed by atoms with Crippen molar-refractivity contribution < 1.29 is 36.4 Å². The van der Waals surface area contributed by atoms with Crippen LogP contribution in [-0.4, -0.2) is 28.7 Å². The molecule has 0 saturated carbocycles. The molecule has 0 spiro atoms. The number of hydrogen-bond donors (Lipinski definition) is 2. The molecule has 0 aliphatic heterocycles. The normalized spacial score (nSPS) is 11.6. The van der Waals surface area contributed by atoms with Crippen molar-refractivity contribution >= 4 is 21.0 Å². The van der Waals surface area contributed by atoms with Crippen molar-refractivity contribution in [1.82, 2.24) is 0 Å². The molecule has 2 N–H and O–H groups in total. The zero-order valence-electron chi connectivity index (χ0n) is 14.6. The van der Waals surface area contributed by atoms with Gasteiger partial charge < -0.3 is 14.8 Å². The Morgan fingerprint density at radius 2 is 1.00 bits per heavy atom. The Labute approximate surface area is 168 Å². The lowest BCUT2D eigenvalue weighted by molar-refractivity contribution is -0.0517. The molecule has 3 aromatic carbocycles. The Hall–Kier alpha value is -2.69. The fourth-order valence-electron chi connectivity index (χ4n) is 2.13. The molecule has 10 heteroatoms. The van der Waals surface area contributed by atoms with E-state index in [1.807, 2.05) is 42.5 Å². The van der Waals surface area contributed by atoms with Gasteiger partial charge in [0.25, 0.3) is 0 Å². The average Bonchev–Trinajstić information content (AvgIpc) is 2.65. The molecule has 3 aromatic rings. The highest BCUT2D eigenvalue weighted by molar-refractivity contribution is 7.97. The van der Waals surface area contributed by atoms with E-state index in [4.69, 9.17) is 13.0 Å². The van der Waals surface area contributed by atoms with E-state index in [0.717, 1.165) is 9.79 Å². The van der Waals surface area contributed by atoms with Gasteiger partial charge >= 0.3 is 5.51 Å². The largest absolute Gasteiger partial charge is 0.741 e. The van der Waals surface area contributed by atoms with Crippen LogP contribution in [0.5, 0.6) is 11.5 Å². The van der Waals surface area contributed by atoms with Crippen LogP contribution >= 0.6 is 0 Å². The molecular formula is C19H15F3O5S2. The maximum atomic E-state index is 10.7. The molecule has 3 rings (SSSR count). The minimum Gasteiger partial charge on any atom is -0.741 e. The number of rotatable bonds is 3. The molecular weight excluding hydrogens is 429 g/mol. The van der Waals surface area contributed by atoms with Gasteiger partial charge in [0.15, 0.2) is 24.8 Å². The summed E-state index contributed by atoms with van der Waals surface area (Å²) in [6.07, 6.45) is 0. The maximum absolute atomic E-state index is 10.7. The van der Waals surface area contributed by atoms with Crippen LogP contribution in [0.15, 0.2) is 93.5 Å². The fraction of sp³-hybridized carbons (Fsp3) is 0.0526. The van der Waals surface area contributed by atoms with Crippen LogP contribution in [0.4, 0.5) is 13.2 Å². The van der Waals surface area contributed by atoms with E-state index in [2.05, 4.69) is 12.1 Å². The van der Waals surface area contributed by atoms with Crippen LogP contribution < -0.4 is 0 Å². The van der Waals surface area contributed by atoms with Gasteiger partial charge in [0, 0.05) is 0 Å². The quantitative estimate of drug-likeness (QED) is 0.358. The highest BCUT2D eigenvalue weighted by Gasteiger charge is 2.37. The minimum atomic E-state index is -6.09. The van der Waals surface area contributed by atoms with Crippen molar-refractivity contribution in [3.05, 3.63) is 78.9 Å². The zero-order valence-corrected chi connectivity index (χ0v) is 16.2. The third-order valence-electron chi connectivity index (χ3n) is 3.41. The lowest BCUT2D eigenvalue weighted by atomic mass is 10.3. The summed E-state index contributed by atoms with van der Waals surface area (Å²) in [7, 11) is -6.34. The predicted octanol–water partition coefficient (Wildman–Crippen LogP) is 4.24. The number of phenolic OH excluding ortho intramolecular Hbond substituents is 2. The van der Waals surface area contributed by atoms with Crippen LogP contribution in [0.3, 0.4) is 0 Å². The summed E-state index contributed by atoms with van der Waals surface area (Å²) in [4.78, 5) is 3.46. The number of hydrogen-bond acceptors (Lipinski definition) is 5. The molecule has 0 amide bonds. The molecule has 0 bridgehead atoms. The van der Waals surface area contributed by atoms with Crippen molar-refractivity contribution in [1.29, 1.82) is 0 Å². The third-order valence-corrected chi connectivity index (χ3v) is 6.20. The first kappa shape index (κ1) is 22.6. The third kappa shape index (κ3) is 6.41. The standard InChI is InChI=1S/C18H14O2S.CHF3O3S/c19-14-6-10-17(11-7-14)21(16-4-2-1-3-5-16)18-12-8-15(20)9-13-18;2-1(3,4)8(5,6)7/h1-13H,(H-,19,20);(H,5,6,7). The molecule has 0 fully saturated rings. The van der Waals surface area contributed by atoms with Crippen LogP contribution in [0, 0.1) is 0 Å². The van der Waals surface area contributed by atoms with Gasteiger partial charge in [-0.25, -0.2) is 8.42 Å². The van der Waals surface area contributed by atoms with Crippen molar-refractivity contribution in [3.8, 4) is 11.5 Å². The van der Waals surface area contributed by atoms with Gasteiger partial charge in [0.05, 0.1) is 10.9 Å². The Morgan fingerprint density at radius 1 is 0.690 bits per heavy atom. The Morgan fingerprint density at radius 3 is 1.31 bits per heavy atom. The molecule has 0 atom stereocenters. The van der Waals surface area contributed by atoms with Gasteiger partial charge in [-0.3, -0.25) is 0 Å². The molecule has 0 saturated heterocycles. The van der Waals surface area contributed by atoms with E-state index in [0.29, 0.717) is 0 Å². The van der Waals surface area contributed by atoms with E-state index in [9.17, 15) is 23.4 Å². The highest BCUT2D eigenvalue weighted by atomic mass is 32.2. The summed E-state index contributed by atoms with van der Waals surface area (Å²) in [5.74, 6) is 0.530. The number of halogens is 3. The Bertz CT molecular complexity index is 975. The van der Waals surface area contributed by atoms with E-state index >= 15 is 0 Å². The molecule has 0 aromatic heterocycles. The van der Waals surface area contributed by atoms with Crippen molar-refractivity contribution in [3.63, 3.8) is 0 Å². The first-order valence-electron chi connectivity index (χ1n) is 7.88. The summed E-state index contributed by atoms with van der Waals surface area (Å²) in [5, 5.41) is 19.0. The maximum Gasteiger partial charge on any atom is 0.485 e. The summed E-state index contributed by atoms with van der Waals surface area (Å²) in [5.41, 5.74) is -5.65. The zero-order chi connectivity index (χ0) is 21.7. The smallest absolute Gasteiger partial charge is 0.485 e. The molecule has 0 heterocycles. The lowest BCUT2D eigenvalue weighted by Gasteiger charge is -2.08. The van der Waals surface area contributed by atoms with Crippen LogP contribution in [0.2, 0.25) is 0 Å². The highest BCUT2D eigenvalue weighted by Crippen LogP contribution is 2.32. The number of alkyl halides is 3. The van der Waals surface area contributed by atoms with Gasteiger partial charge in [-0.1, -0.05) is 18.2 Å². The Kier molecular flexibility index (Phi) is 7.17. The fourth-order valence-corrected chi connectivity index (χ4v) is 4.19. The van der Waals surface area contributed by atoms with Gasteiger partial charge in [0.1, 0.15) is 11.5 Å². The van der Waals surface area contributed by atoms with Gasteiger partial charge in [-0.2, -0.15) is 13.2 Å². The molecule has 154 valence electrons. The monoisotopic (exact) mass is 444 g/mol. The first-order chi connectivity index (χ1) is 13.5. The second-order valence-corrected chi connectivity index (χ2v) is 8.90. The van der Waals surface area contributed by atoms with Gasteiger partial charge in [-0.05, 0) is 60.7 Å². The second-order valence-electron chi connectivity index (χ2n) is 5.51. The van der Waals surface area contributed by atoms with Crippen LogP contribution in [0.1, 0.15) is 0 Å². The van der Waals surface area contributed by atoms with Gasteiger partial charge in [-0.15, -0.1) is 0 Å². The van der Waals surface area contributed by atoms with Crippen molar-refractivity contribution in [2.45, 2.75) is 20.2 Å². The topological polar surface area (TPSA) is 97.7 Å². The minimum absolute atomic E-state index is 0.253. The SMILES string of the molecule is O=S(=O)([O-])C(F)(F)F.Oc1ccc([S+](c2ccccc2)c2ccc(O)cc2)cc1. The molecule has 5 nitrogen and oxygen atoms in total. The van der Waals surface area contributed by atoms with Crippen LogP contribution in [0.25, 0.3) is 0 Å². The number of benzene rings is 3. The molecule has 29 heavy (non-hydrogen) atoms. The molecule has 0 unspecified atom stereocenters. The van der Waals surface area contributed by atoms with E-state index < -0.39 is 15.6 Å². The molecule has 0 radical (unpaired) electrons. The van der Waals surface area contributed by atoms with Gasteiger partial charge in [0.2, 0.25) is 0 Å².